The highest BCUT2D eigenvalue weighted by Crippen LogP contribution is 2.61. The fourth-order valence-corrected chi connectivity index (χ4v) is 9.16. The molecule has 0 saturated carbocycles. The molecule has 4 aliphatic rings. The number of carbonyl (C=O) groups is 3. The van der Waals surface area contributed by atoms with Gasteiger partial charge in [0.05, 0.1) is 29.2 Å². The number of para-hydroxylation sites is 1. The fraction of sp³-hybridized carbons (Fsp3) is 0.406. The van der Waals surface area contributed by atoms with Crippen molar-refractivity contribution in [2.75, 3.05) is 31.6 Å². The van der Waals surface area contributed by atoms with Gasteiger partial charge in [0.2, 0.25) is 11.8 Å². The molecule has 4 aliphatic heterocycles. The number of aryl methyl sites for hydroxylation is 2. The van der Waals surface area contributed by atoms with Gasteiger partial charge in [-0.25, -0.2) is 0 Å². The lowest BCUT2D eigenvalue weighted by Gasteiger charge is -2.39. The molecule has 2 aromatic rings. The van der Waals surface area contributed by atoms with Crippen LogP contribution in [0.15, 0.2) is 72.8 Å². The second kappa shape index (κ2) is 10.2. The van der Waals surface area contributed by atoms with E-state index in [9.17, 15) is 19.5 Å². The van der Waals surface area contributed by atoms with Crippen LogP contribution < -0.4 is 4.90 Å². The number of anilines is 1. The van der Waals surface area contributed by atoms with Crippen LogP contribution >= 0.6 is 11.8 Å². The third-order valence-electron chi connectivity index (χ3n) is 8.93. The Labute approximate surface area is 239 Å². The Hall–Kier alpha value is -3.36. The summed E-state index contributed by atoms with van der Waals surface area (Å²) in [5.74, 6) is -1.74. The molecule has 1 N–H and O–H groups in total. The minimum atomic E-state index is -0.920. The summed E-state index contributed by atoms with van der Waals surface area (Å²) >= 11 is 1.57. The molecular formula is C32H35N3O4S. The number of nitrogens with zero attached hydrogens (tertiary/aromatic N) is 3. The van der Waals surface area contributed by atoms with Crippen LogP contribution in [0.5, 0.6) is 0 Å². The lowest BCUT2D eigenvalue weighted by atomic mass is 9.78. The number of hydrogen-bond donors (Lipinski definition) is 1. The van der Waals surface area contributed by atoms with Crippen molar-refractivity contribution in [3.8, 4) is 0 Å². The molecule has 0 bridgehead atoms. The molecule has 8 heteroatoms. The first-order valence-electron chi connectivity index (χ1n) is 13.9. The third kappa shape index (κ3) is 4.03. The number of amides is 3. The predicted molar refractivity (Wildman–Crippen MR) is 157 cm³/mol. The van der Waals surface area contributed by atoms with Crippen LogP contribution in [-0.4, -0.2) is 81.5 Å². The van der Waals surface area contributed by atoms with Crippen LogP contribution in [0.4, 0.5) is 5.69 Å². The van der Waals surface area contributed by atoms with Gasteiger partial charge in [0, 0.05) is 31.1 Å². The molecule has 208 valence electrons. The SMILES string of the molecule is Cc1cccc(C)c1N1CC=C[C@]23S[C@@H]4C=CCN(C)C(=O)[C@@H]4[C@H]2C(=O)N([C@@H](CO)Cc2ccccc2)C3C1=O. The molecule has 6 atom stereocenters. The van der Waals surface area contributed by atoms with E-state index < -0.39 is 28.7 Å². The van der Waals surface area contributed by atoms with Crippen molar-refractivity contribution >= 4 is 35.2 Å². The average molecular weight is 558 g/mol. The second-order valence-electron chi connectivity index (χ2n) is 11.4. The summed E-state index contributed by atoms with van der Waals surface area (Å²) in [6.45, 7) is 4.57. The van der Waals surface area contributed by atoms with Crippen molar-refractivity contribution in [1.82, 2.24) is 9.80 Å². The number of likely N-dealkylation sites (tertiary alicyclic amines) is 1. The summed E-state index contributed by atoms with van der Waals surface area (Å²) in [7, 11) is 1.77. The molecule has 0 aromatic heterocycles. The highest BCUT2D eigenvalue weighted by Gasteiger charge is 2.71. The Morgan fingerprint density at radius 1 is 0.950 bits per heavy atom. The first-order chi connectivity index (χ1) is 19.3. The molecule has 2 fully saturated rings. The monoisotopic (exact) mass is 557 g/mol. The second-order valence-corrected chi connectivity index (χ2v) is 12.8. The van der Waals surface area contributed by atoms with Gasteiger partial charge in [-0.2, -0.15) is 0 Å². The zero-order valence-electron chi connectivity index (χ0n) is 23.1. The molecule has 0 aliphatic carbocycles. The standard InChI is InChI=1S/C32H35N3O4S/c1-20-10-7-11-21(2)27(20)34-17-9-15-32-26(25-24(40-32)14-8-16-33(3)29(25)37)30(38)35(28(32)31(34)39)23(19-36)18-22-12-5-4-6-13-22/h4-15,23-26,28,36H,16-19H2,1-3H3/t23-,24-,25+,26+,28?,32+/m1/s1. The van der Waals surface area contributed by atoms with Gasteiger partial charge in [0.25, 0.3) is 5.91 Å². The summed E-state index contributed by atoms with van der Waals surface area (Å²) in [5.41, 5.74) is 3.79. The molecule has 40 heavy (non-hydrogen) atoms. The smallest absolute Gasteiger partial charge is 0.251 e. The topological polar surface area (TPSA) is 81.2 Å². The highest BCUT2D eigenvalue weighted by atomic mass is 32.2. The fourth-order valence-electron chi connectivity index (χ4n) is 7.17. The molecule has 1 spiro atoms. The lowest BCUT2D eigenvalue weighted by molar-refractivity contribution is -0.144. The van der Waals surface area contributed by atoms with Crippen LogP contribution in [0, 0.1) is 25.7 Å². The van der Waals surface area contributed by atoms with Crippen molar-refractivity contribution < 1.29 is 19.5 Å². The summed E-state index contributed by atoms with van der Waals surface area (Å²) in [6.07, 6.45) is 8.47. The van der Waals surface area contributed by atoms with Crippen molar-refractivity contribution in [2.45, 2.75) is 42.3 Å². The molecule has 6 rings (SSSR count). The van der Waals surface area contributed by atoms with E-state index in [0.717, 1.165) is 22.4 Å². The van der Waals surface area contributed by atoms with E-state index in [1.54, 1.807) is 33.5 Å². The van der Waals surface area contributed by atoms with Crippen LogP contribution in [0.1, 0.15) is 16.7 Å². The van der Waals surface area contributed by atoms with E-state index in [0.29, 0.717) is 19.5 Å². The normalized spacial score (nSPS) is 30.2. The van der Waals surface area contributed by atoms with E-state index in [2.05, 4.69) is 0 Å². The van der Waals surface area contributed by atoms with Crippen LogP contribution in [0.3, 0.4) is 0 Å². The van der Waals surface area contributed by atoms with Gasteiger partial charge in [0.15, 0.2) is 0 Å². The Balaban J connectivity index is 1.50. The number of benzene rings is 2. The lowest BCUT2D eigenvalue weighted by Crippen LogP contribution is -2.57. The summed E-state index contributed by atoms with van der Waals surface area (Å²) in [4.78, 5) is 48.2. The van der Waals surface area contributed by atoms with E-state index in [-0.39, 0.29) is 29.6 Å². The number of thioether (sulfide) groups is 1. The zero-order valence-corrected chi connectivity index (χ0v) is 23.9. The van der Waals surface area contributed by atoms with Crippen molar-refractivity contribution in [3.05, 3.63) is 89.5 Å². The summed E-state index contributed by atoms with van der Waals surface area (Å²) in [6, 6.07) is 14.2. The van der Waals surface area contributed by atoms with Gasteiger partial charge in [-0.15, -0.1) is 11.8 Å². The van der Waals surface area contributed by atoms with Gasteiger partial charge in [-0.3, -0.25) is 14.4 Å². The van der Waals surface area contributed by atoms with Crippen molar-refractivity contribution in [1.29, 1.82) is 0 Å². The van der Waals surface area contributed by atoms with Crippen LogP contribution in [-0.2, 0) is 20.8 Å². The zero-order chi connectivity index (χ0) is 28.2. The molecular weight excluding hydrogens is 522 g/mol. The minimum Gasteiger partial charge on any atom is -0.394 e. The summed E-state index contributed by atoms with van der Waals surface area (Å²) in [5, 5.41) is 10.5. The summed E-state index contributed by atoms with van der Waals surface area (Å²) < 4.78 is -0.920. The van der Waals surface area contributed by atoms with Crippen molar-refractivity contribution in [2.24, 2.45) is 11.8 Å². The Morgan fingerprint density at radius 3 is 2.38 bits per heavy atom. The Morgan fingerprint density at radius 2 is 1.68 bits per heavy atom. The molecule has 0 radical (unpaired) electrons. The number of hydrogen-bond acceptors (Lipinski definition) is 5. The van der Waals surface area contributed by atoms with E-state index in [1.807, 2.05) is 86.7 Å². The minimum absolute atomic E-state index is 0.0707. The Bertz CT molecular complexity index is 1390. The number of aliphatic hydroxyl groups is 1. The van der Waals surface area contributed by atoms with Crippen LogP contribution in [0.2, 0.25) is 0 Å². The predicted octanol–water partition coefficient (Wildman–Crippen LogP) is 3.14. The quantitative estimate of drug-likeness (QED) is 0.572. The van der Waals surface area contributed by atoms with Gasteiger partial charge in [0.1, 0.15) is 6.04 Å². The maximum atomic E-state index is 14.8. The first-order valence-corrected chi connectivity index (χ1v) is 14.8. The maximum Gasteiger partial charge on any atom is 0.251 e. The number of aliphatic hydroxyl groups excluding tert-OH is 1. The van der Waals surface area contributed by atoms with Gasteiger partial charge in [-0.05, 0) is 37.0 Å². The average Bonchev–Trinajstić information content (AvgIpc) is 3.28. The molecule has 3 amide bonds. The number of likely N-dealkylation sites (N-methyl/N-ethyl adjacent to an activating group) is 1. The van der Waals surface area contributed by atoms with E-state index in [4.69, 9.17) is 0 Å². The van der Waals surface area contributed by atoms with Crippen LogP contribution in [0.25, 0.3) is 0 Å². The highest BCUT2D eigenvalue weighted by molar-refractivity contribution is 8.02. The van der Waals surface area contributed by atoms with Gasteiger partial charge < -0.3 is 19.8 Å². The molecule has 2 aromatic carbocycles. The first kappa shape index (κ1) is 26.8. The van der Waals surface area contributed by atoms with Gasteiger partial charge >= 0.3 is 0 Å². The van der Waals surface area contributed by atoms with E-state index >= 15 is 0 Å². The maximum absolute atomic E-state index is 14.8. The number of rotatable bonds is 5. The van der Waals surface area contributed by atoms with Gasteiger partial charge in [-0.1, -0.05) is 72.8 Å². The third-order valence-corrected chi connectivity index (χ3v) is 10.7. The Kier molecular flexibility index (Phi) is 6.87. The molecule has 2 saturated heterocycles. The molecule has 4 heterocycles. The van der Waals surface area contributed by atoms with Crippen molar-refractivity contribution in [3.63, 3.8) is 0 Å². The number of carbonyl (C=O) groups excluding carboxylic acids is 3. The number of fused-ring (bicyclic) bond motifs is 2. The largest absolute Gasteiger partial charge is 0.394 e. The molecule has 1 unspecified atom stereocenters. The van der Waals surface area contributed by atoms with E-state index in [1.165, 1.54) is 0 Å². The molecule has 7 nitrogen and oxygen atoms in total.